The van der Waals surface area contributed by atoms with E-state index in [4.69, 9.17) is 0 Å². The molecule has 2 atom stereocenters. The maximum atomic E-state index is 13.0. The average molecular weight is 387 g/mol. The first-order valence-electron chi connectivity index (χ1n) is 10.6. The molecule has 3 rings (SSSR count). The number of likely N-dealkylation sites (tertiary alicyclic amines) is 1. The molecule has 2 aliphatic rings. The Kier molecular flexibility index (Phi) is 7.45. The Labute approximate surface area is 168 Å². The summed E-state index contributed by atoms with van der Waals surface area (Å²) in [5, 5.41) is 6.36. The van der Waals surface area contributed by atoms with Crippen molar-refractivity contribution in [3.05, 3.63) is 30.3 Å². The molecule has 2 saturated heterocycles. The lowest BCUT2D eigenvalue weighted by Crippen LogP contribution is -2.49. The van der Waals surface area contributed by atoms with Crippen molar-refractivity contribution in [3.8, 4) is 0 Å². The maximum absolute atomic E-state index is 13.0. The molecule has 2 N–H and O–H groups in total. The summed E-state index contributed by atoms with van der Waals surface area (Å²) in [4.78, 5) is 29.4. The smallest absolute Gasteiger partial charge is 0.241 e. The predicted molar refractivity (Wildman–Crippen MR) is 112 cm³/mol. The van der Waals surface area contributed by atoms with E-state index in [-0.39, 0.29) is 23.9 Å². The summed E-state index contributed by atoms with van der Waals surface area (Å²) in [6, 6.07) is 9.98. The summed E-state index contributed by atoms with van der Waals surface area (Å²) in [5.74, 6) is 0.679. The topological polar surface area (TPSA) is 64.7 Å². The molecule has 0 radical (unpaired) electrons. The number of carbonyl (C=O) groups is 2. The summed E-state index contributed by atoms with van der Waals surface area (Å²) in [6.45, 7) is 7.99. The Bertz CT molecular complexity index is 643. The molecule has 2 unspecified atom stereocenters. The molecule has 154 valence electrons. The van der Waals surface area contributed by atoms with Gasteiger partial charge in [0.1, 0.15) is 0 Å². The van der Waals surface area contributed by atoms with E-state index in [0.717, 1.165) is 51.0 Å². The summed E-state index contributed by atoms with van der Waals surface area (Å²) in [7, 11) is 0. The van der Waals surface area contributed by atoms with Crippen LogP contribution in [0.2, 0.25) is 0 Å². The van der Waals surface area contributed by atoms with Crippen LogP contribution in [0.25, 0.3) is 0 Å². The van der Waals surface area contributed by atoms with E-state index in [2.05, 4.69) is 29.4 Å². The molecule has 6 heteroatoms. The highest BCUT2D eigenvalue weighted by atomic mass is 16.2. The second-order valence-electron chi connectivity index (χ2n) is 8.33. The van der Waals surface area contributed by atoms with Crippen LogP contribution in [0.5, 0.6) is 0 Å². The quantitative estimate of drug-likeness (QED) is 0.752. The average Bonchev–Trinajstić information content (AvgIpc) is 3.22. The third kappa shape index (κ3) is 5.55. The fourth-order valence-corrected chi connectivity index (χ4v) is 4.32. The van der Waals surface area contributed by atoms with E-state index >= 15 is 0 Å². The van der Waals surface area contributed by atoms with Gasteiger partial charge in [-0.1, -0.05) is 18.2 Å². The third-order valence-electron chi connectivity index (χ3n) is 5.72. The molecular weight excluding hydrogens is 352 g/mol. The van der Waals surface area contributed by atoms with Gasteiger partial charge in [-0.05, 0) is 70.7 Å². The Morgan fingerprint density at radius 2 is 2.00 bits per heavy atom. The van der Waals surface area contributed by atoms with Crippen molar-refractivity contribution in [1.29, 1.82) is 0 Å². The van der Waals surface area contributed by atoms with E-state index in [1.165, 1.54) is 0 Å². The van der Waals surface area contributed by atoms with Gasteiger partial charge in [0.05, 0.1) is 12.6 Å². The number of carbonyl (C=O) groups excluding carboxylic acids is 2. The third-order valence-corrected chi connectivity index (χ3v) is 5.72. The molecule has 1 aromatic rings. The number of hydrogen-bond acceptors (Lipinski definition) is 4. The van der Waals surface area contributed by atoms with Gasteiger partial charge in [-0.3, -0.25) is 14.5 Å². The number of rotatable bonds is 7. The first kappa shape index (κ1) is 20.8. The van der Waals surface area contributed by atoms with Crippen molar-refractivity contribution >= 4 is 17.5 Å². The monoisotopic (exact) mass is 386 g/mol. The van der Waals surface area contributed by atoms with Gasteiger partial charge in [-0.2, -0.15) is 0 Å². The lowest BCUT2D eigenvalue weighted by atomic mass is 9.97. The van der Waals surface area contributed by atoms with Crippen LogP contribution in [0.1, 0.15) is 39.5 Å². The lowest BCUT2D eigenvalue weighted by Gasteiger charge is -2.35. The van der Waals surface area contributed by atoms with Gasteiger partial charge in [-0.25, -0.2) is 0 Å². The molecule has 2 fully saturated rings. The van der Waals surface area contributed by atoms with Crippen LogP contribution >= 0.6 is 0 Å². The van der Waals surface area contributed by atoms with E-state index in [1.807, 2.05) is 35.2 Å². The minimum Gasteiger partial charge on any atom is -0.354 e. The number of piperidine rings is 1. The minimum atomic E-state index is -0.0215. The van der Waals surface area contributed by atoms with Crippen LogP contribution in [-0.2, 0) is 9.59 Å². The largest absolute Gasteiger partial charge is 0.354 e. The number of nitrogens with zero attached hydrogens (tertiary/aromatic N) is 2. The molecule has 0 bridgehead atoms. The van der Waals surface area contributed by atoms with E-state index in [0.29, 0.717) is 19.0 Å². The summed E-state index contributed by atoms with van der Waals surface area (Å²) >= 11 is 0. The highest BCUT2D eigenvalue weighted by Crippen LogP contribution is 2.20. The minimum absolute atomic E-state index is 0.0215. The molecule has 2 heterocycles. The molecule has 0 aliphatic carbocycles. The number of anilines is 1. The van der Waals surface area contributed by atoms with Crippen LogP contribution in [-0.4, -0.2) is 61.5 Å². The number of hydrogen-bond donors (Lipinski definition) is 2. The fourth-order valence-electron chi connectivity index (χ4n) is 4.32. The molecular formula is C22H34N4O2. The Balaban J connectivity index is 1.50. The molecule has 2 amide bonds. The van der Waals surface area contributed by atoms with Crippen LogP contribution in [0, 0.1) is 5.92 Å². The van der Waals surface area contributed by atoms with Crippen LogP contribution in [0.4, 0.5) is 5.69 Å². The SMILES string of the molecule is CC(C)N(C(=O)CN1CCCC(CNC(=O)C2CCCN2)C1)c1ccccc1. The number of benzene rings is 1. The zero-order chi connectivity index (χ0) is 19.9. The molecule has 6 nitrogen and oxygen atoms in total. The van der Waals surface area contributed by atoms with Crippen molar-refractivity contribution in [2.75, 3.05) is 37.6 Å². The highest BCUT2D eigenvalue weighted by molar-refractivity contribution is 5.95. The number of para-hydroxylation sites is 1. The van der Waals surface area contributed by atoms with E-state index < -0.39 is 0 Å². The molecule has 2 aliphatic heterocycles. The first-order chi connectivity index (χ1) is 13.5. The molecule has 0 spiro atoms. The fraction of sp³-hybridized carbons (Fsp3) is 0.636. The van der Waals surface area contributed by atoms with Gasteiger partial charge in [0.25, 0.3) is 0 Å². The Morgan fingerprint density at radius 1 is 1.21 bits per heavy atom. The van der Waals surface area contributed by atoms with Crippen molar-refractivity contribution in [3.63, 3.8) is 0 Å². The second kappa shape index (κ2) is 10.0. The summed E-state index contributed by atoms with van der Waals surface area (Å²) in [5.41, 5.74) is 0.951. The number of amides is 2. The van der Waals surface area contributed by atoms with Gasteiger partial charge in [0.2, 0.25) is 11.8 Å². The van der Waals surface area contributed by atoms with E-state index in [1.54, 1.807) is 0 Å². The molecule has 0 saturated carbocycles. The molecule has 0 aromatic heterocycles. The van der Waals surface area contributed by atoms with E-state index in [9.17, 15) is 9.59 Å². The Morgan fingerprint density at radius 3 is 2.68 bits per heavy atom. The van der Waals surface area contributed by atoms with Crippen LogP contribution in [0.15, 0.2) is 30.3 Å². The normalized spacial score (nSPS) is 23.0. The summed E-state index contributed by atoms with van der Waals surface area (Å²) < 4.78 is 0. The van der Waals surface area contributed by atoms with Crippen molar-refractivity contribution in [2.24, 2.45) is 5.92 Å². The maximum Gasteiger partial charge on any atom is 0.241 e. The predicted octanol–water partition coefficient (Wildman–Crippen LogP) is 2.01. The van der Waals surface area contributed by atoms with Gasteiger partial charge < -0.3 is 15.5 Å². The first-order valence-corrected chi connectivity index (χ1v) is 10.6. The Hall–Kier alpha value is -1.92. The molecule has 28 heavy (non-hydrogen) atoms. The van der Waals surface area contributed by atoms with Crippen molar-refractivity contribution in [2.45, 2.75) is 51.6 Å². The van der Waals surface area contributed by atoms with Crippen LogP contribution in [0.3, 0.4) is 0 Å². The standard InChI is InChI=1S/C22H34N4O2/c1-17(2)26(19-9-4-3-5-10-19)21(27)16-25-13-7-8-18(15-25)14-24-22(28)20-11-6-12-23-20/h3-5,9-10,17-18,20,23H,6-8,11-16H2,1-2H3,(H,24,28). The van der Waals surface area contributed by atoms with Gasteiger partial charge in [-0.15, -0.1) is 0 Å². The van der Waals surface area contributed by atoms with Gasteiger partial charge >= 0.3 is 0 Å². The van der Waals surface area contributed by atoms with Gasteiger partial charge in [0, 0.05) is 24.8 Å². The van der Waals surface area contributed by atoms with Gasteiger partial charge in [0.15, 0.2) is 0 Å². The van der Waals surface area contributed by atoms with Crippen LogP contribution < -0.4 is 15.5 Å². The summed E-state index contributed by atoms with van der Waals surface area (Å²) in [6.07, 6.45) is 4.19. The second-order valence-corrected chi connectivity index (χ2v) is 8.33. The zero-order valence-corrected chi connectivity index (χ0v) is 17.2. The van der Waals surface area contributed by atoms with Crippen molar-refractivity contribution in [1.82, 2.24) is 15.5 Å². The zero-order valence-electron chi connectivity index (χ0n) is 17.2. The number of nitrogens with one attached hydrogen (secondary N) is 2. The molecule has 1 aromatic carbocycles. The van der Waals surface area contributed by atoms with Crippen molar-refractivity contribution < 1.29 is 9.59 Å². The lowest BCUT2D eigenvalue weighted by molar-refractivity contribution is -0.123. The highest BCUT2D eigenvalue weighted by Gasteiger charge is 2.27.